The molecular formula is C13H17NO. The van der Waals surface area contributed by atoms with Crippen LogP contribution in [0, 0.1) is 5.92 Å². The Bertz CT molecular complexity index is 382. The molecule has 15 heavy (non-hydrogen) atoms. The van der Waals surface area contributed by atoms with Crippen LogP contribution in [0.3, 0.4) is 0 Å². The highest BCUT2D eigenvalue weighted by atomic mass is 16.1. The molecule has 80 valence electrons. The van der Waals surface area contributed by atoms with Gasteiger partial charge < -0.3 is 5.32 Å². The predicted octanol–water partition coefficient (Wildman–Crippen LogP) is 2.52. The third-order valence-electron chi connectivity index (χ3n) is 2.75. The normalized spacial score (nSPS) is 14.3. The Morgan fingerprint density at radius 1 is 1.33 bits per heavy atom. The molecule has 2 rings (SSSR count). The first kappa shape index (κ1) is 10.4. The second-order valence-electron chi connectivity index (χ2n) is 4.61. The van der Waals surface area contributed by atoms with Crippen molar-refractivity contribution in [2.24, 2.45) is 5.92 Å². The summed E-state index contributed by atoms with van der Waals surface area (Å²) in [4.78, 5) is 11.8. The van der Waals surface area contributed by atoms with Crippen molar-refractivity contribution in [2.45, 2.75) is 33.4 Å². The summed E-state index contributed by atoms with van der Waals surface area (Å²) in [5.41, 5.74) is 3.48. The number of ketones is 1. The first-order valence-electron chi connectivity index (χ1n) is 5.52. The summed E-state index contributed by atoms with van der Waals surface area (Å²) in [7, 11) is 0. The lowest BCUT2D eigenvalue weighted by Gasteiger charge is -2.05. The monoisotopic (exact) mass is 203 g/mol. The van der Waals surface area contributed by atoms with Crippen molar-refractivity contribution in [3.05, 3.63) is 34.9 Å². The number of carbonyl (C=O) groups is 1. The Hall–Kier alpha value is -1.15. The molecular weight excluding hydrogens is 186 g/mol. The van der Waals surface area contributed by atoms with Crippen LogP contribution in [0.4, 0.5) is 0 Å². The minimum atomic E-state index is 0.264. The molecule has 0 saturated carbocycles. The largest absolute Gasteiger partial charge is 0.309 e. The van der Waals surface area contributed by atoms with E-state index < -0.39 is 0 Å². The fraction of sp³-hybridized carbons (Fsp3) is 0.462. The van der Waals surface area contributed by atoms with Crippen molar-refractivity contribution in [2.75, 3.05) is 0 Å². The number of hydrogen-bond acceptors (Lipinski definition) is 2. The molecule has 0 saturated heterocycles. The molecule has 0 unspecified atom stereocenters. The zero-order valence-corrected chi connectivity index (χ0v) is 9.34. The van der Waals surface area contributed by atoms with Gasteiger partial charge in [-0.15, -0.1) is 0 Å². The highest BCUT2D eigenvalue weighted by molar-refractivity contribution is 5.96. The number of nitrogens with one attached hydrogen (secondary N) is 1. The molecule has 0 aromatic heterocycles. The van der Waals surface area contributed by atoms with E-state index in [0.29, 0.717) is 12.3 Å². The lowest BCUT2D eigenvalue weighted by molar-refractivity contribution is 0.0968. The van der Waals surface area contributed by atoms with E-state index in [1.54, 1.807) is 0 Å². The second kappa shape index (κ2) is 4.15. The van der Waals surface area contributed by atoms with Gasteiger partial charge in [0.15, 0.2) is 5.78 Å². The van der Waals surface area contributed by atoms with Crippen molar-refractivity contribution < 1.29 is 4.79 Å². The molecule has 0 atom stereocenters. The minimum Gasteiger partial charge on any atom is -0.309 e. The van der Waals surface area contributed by atoms with Gasteiger partial charge in [0, 0.05) is 25.1 Å². The summed E-state index contributed by atoms with van der Waals surface area (Å²) < 4.78 is 0. The predicted molar refractivity (Wildman–Crippen MR) is 60.8 cm³/mol. The molecule has 0 aliphatic carbocycles. The lowest BCUT2D eigenvalue weighted by atomic mass is 9.98. The Morgan fingerprint density at radius 3 is 2.80 bits per heavy atom. The van der Waals surface area contributed by atoms with Gasteiger partial charge >= 0.3 is 0 Å². The van der Waals surface area contributed by atoms with Gasteiger partial charge in [0.2, 0.25) is 0 Å². The van der Waals surface area contributed by atoms with Crippen molar-refractivity contribution in [1.29, 1.82) is 0 Å². The zero-order valence-electron chi connectivity index (χ0n) is 9.34. The minimum absolute atomic E-state index is 0.264. The van der Waals surface area contributed by atoms with E-state index in [1.807, 2.05) is 12.1 Å². The molecule has 1 aliphatic heterocycles. The third-order valence-corrected chi connectivity index (χ3v) is 2.75. The summed E-state index contributed by atoms with van der Waals surface area (Å²) in [5, 5.41) is 3.28. The van der Waals surface area contributed by atoms with Crippen molar-refractivity contribution in [3.8, 4) is 0 Å². The van der Waals surface area contributed by atoms with Crippen LogP contribution in [0.2, 0.25) is 0 Å². The molecule has 0 bridgehead atoms. The Balaban J connectivity index is 2.19. The molecule has 1 heterocycles. The summed E-state index contributed by atoms with van der Waals surface area (Å²) in [6.07, 6.45) is 0.645. The van der Waals surface area contributed by atoms with Gasteiger partial charge in [-0.05, 0) is 23.1 Å². The average Bonchev–Trinajstić information content (AvgIpc) is 2.62. The van der Waals surface area contributed by atoms with Crippen LogP contribution < -0.4 is 5.32 Å². The molecule has 0 fully saturated rings. The van der Waals surface area contributed by atoms with Crippen molar-refractivity contribution in [1.82, 2.24) is 5.32 Å². The molecule has 2 nitrogen and oxygen atoms in total. The van der Waals surface area contributed by atoms with Gasteiger partial charge in [0.1, 0.15) is 0 Å². The number of carbonyl (C=O) groups excluding carboxylic acids is 1. The molecule has 1 aliphatic rings. The highest BCUT2D eigenvalue weighted by Gasteiger charge is 2.13. The van der Waals surface area contributed by atoms with E-state index >= 15 is 0 Å². The SMILES string of the molecule is CC(C)CC(=O)c1ccc2c(c1)CNC2. The first-order chi connectivity index (χ1) is 7.16. The molecule has 1 N–H and O–H groups in total. The zero-order chi connectivity index (χ0) is 10.8. The highest BCUT2D eigenvalue weighted by Crippen LogP contribution is 2.18. The Labute approximate surface area is 90.7 Å². The second-order valence-corrected chi connectivity index (χ2v) is 4.61. The van der Waals surface area contributed by atoms with Gasteiger partial charge in [0.05, 0.1) is 0 Å². The Morgan fingerprint density at radius 2 is 2.07 bits per heavy atom. The summed E-state index contributed by atoms with van der Waals surface area (Å²) in [6, 6.07) is 6.07. The number of hydrogen-bond donors (Lipinski definition) is 1. The van der Waals surface area contributed by atoms with Crippen LogP contribution in [0.15, 0.2) is 18.2 Å². The van der Waals surface area contributed by atoms with E-state index in [4.69, 9.17) is 0 Å². The number of rotatable bonds is 3. The number of Topliss-reactive ketones (excluding diaryl/α,β-unsaturated/α-hetero) is 1. The summed E-state index contributed by atoms with van der Waals surface area (Å²) in [6.45, 7) is 5.99. The topological polar surface area (TPSA) is 29.1 Å². The molecule has 1 aromatic carbocycles. The van der Waals surface area contributed by atoms with Gasteiger partial charge in [-0.25, -0.2) is 0 Å². The van der Waals surface area contributed by atoms with Gasteiger partial charge in [-0.2, -0.15) is 0 Å². The smallest absolute Gasteiger partial charge is 0.163 e. The van der Waals surface area contributed by atoms with E-state index in [9.17, 15) is 4.79 Å². The summed E-state index contributed by atoms with van der Waals surface area (Å²) >= 11 is 0. The lowest BCUT2D eigenvalue weighted by Crippen LogP contribution is -2.04. The Kier molecular flexibility index (Phi) is 2.87. The van der Waals surface area contributed by atoms with Crippen LogP contribution in [-0.2, 0) is 13.1 Å². The molecule has 0 spiro atoms. The molecule has 0 amide bonds. The standard InChI is InChI=1S/C13H17NO/c1-9(2)5-13(15)10-3-4-11-7-14-8-12(11)6-10/h3-4,6,9,14H,5,7-8H2,1-2H3. The fourth-order valence-electron chi connectivity index (χ4n) is 1.96. The molecule has 1 aromatic rings. The maximum absolute atomic E-state index is 11.8. The average molecular weight is 203 g/mol. The number of benzene rings is 1. The first-order valence-corrected chi connectivity index (χ1v) is 5.52. The van der Waals surface area contributed by atoms with Crippen molar-refractivity contribution >= 4 is 5.78 Å². The van der Waals surface area contributed by atoms with Crippen molar-refractivity contribution in [3.63, 3.8) is 0 Å². The summed E-state index contributed by atoms with van der Waals surface area (Å²) in [5.74, 6) is 0.698. The number of fused-ring (bicyclic) bond motifs is 1. The van der Waals surface area contributed by atoms with E-state index in [2.05, 4.69) is 25.2 Å². The third kappa shape index (κ3) is 2.26. The van der Waals surface area contributed by atoms with Gasteiger partial charge in [0.25, 0.3) is 0 Å². The van der Waals surface area contributed by atoms with E-state index in [0.717, 1.165) is 18.7 Å². The maximum atomic E-state index is 11.8. The van der Waals surface area contributed by atoms with E-state index in [1.165, 1.54) is 11.1 Å². The van der Waals surface area contributed by atoms with Crippen LogP contribution in [0.25, 0.3) is 0 Å². The maximum Gasteiger partial charge on any atom is 0.163 e. The van der Waals surface area contributed by atoms with Gasteiger partial charge in [-0.3, -0.25) is 4.79 Å². The van der Waals surface area contributed by atoms with Crippen LogP contribution in [0.5, 0.6) is 0 Å². The van der Waals surface area contributed by atoms with Crippen LogP contribution in [0.1, 0.15) is 41.8 Å². The fourth-order valence-corrected chi connectivity index (χ4v) is 1.96. The molecule has 2 heteroatoms. The van der Waals surface area contributed by atoms with E-state index in [-0.39, 0.29) is 5.78 Å². The quantitative estimate of drug-likeness (QED) is 0.765. The molecule has 0 radical (unpaired) electrons. The van der Waals surface area contributed by atoms with Crippen LogP contribution in [-0.4, -0.2) is 5.78 Å². The van der Waals surface area contributed by atoms with Crippen LogP contribution >= 0.6 is 0 Å². The van der Waals surface area contributed by atoms with Gasteiger partial charge in [-0.1, -0.05) is 26.0 Å².